The zero-order valence-electron chi connectivity index (χ0n) is 18.5. The summed E-state index contributed by atoms with van der Waals surface area (Å²) in [5.74, 6) is -0.0477. The van der Waals surface area contributed by atoms with Crippen molar-refractivity contribution in [3.63, 3.8) is 0 Å². The van der Waals surface area contributed by atoms with Crippen molar-refractivity contribution in [2.75, 3.05) is 5.32 Å². The molecule has 31 heavy (non-hydrogen) atoms. The first kappa shape index (κ1) is 21.0. The number of rotatable bonds is 5. The molecule has 4 rings (SSSR count). The van der Waals surface area contributed by atoms with E-state index < -0.39 is 0 Å². The van der Waals surface area contributed by atoms with E-state index in [9.17, 15) is 4.79 Å². The van der Waals surface area contributed by atoms with Gasteiger partial charge in [0.15, 0.2) is 0 Å². The molecule has 6 heteroatoms. The van der Waals surface area contributed by atoms with Crippen molar-refractivity contribution in [1.82, 2.24) is 14.8 Å². The van der Waals surface area contributed by atoms with Crippen LogP contribution in [0.15, 0.2) is 47.8 Å². The number of nitrogens with one attached hydrogen (secondary N) is 1. The van der Waals surface area contributed by atoms with Crippen molar-refractivity contribution in [2.45, 2.75) is 41.0 Å². The Labute approximate surface area is 186 Å². The van der Waals surface area contributed by atoms with E-state index >= 15 is 0 Å². The highest BCUT2D eigenvalue weighted by Gasteiger charge is 2.18. The Morgan fingerprint density at radius 3 is 2.45 bits per heavy atom. The van der Waals surface area contributed by atoms with Gasteiger partial charge in [0.1, 0.15) is 0 Å². The smallest absolute Gasteiger partial charge is 0.228 e. The molecule has 5 nitrogen and oxygen atoms in total. The lowest BCUT2D eigenvalue weighted by molar-refractivity contribution is -0.115. The van der Waals surface area contributed by atoms with Gasteiger partial charge in [0.25, 0.3) is 0 Å². The van der Waals surface area contributed by atoms with Gasteiger partial charge >= 0.3 is 0 Å². The lowest BCUT2D eigenvalue weighted by Gasteiger charge is -2.08. The SMILES string of the molecule is Cc1ccc(-c2csc(-n3nc(C)c(CC(=O)Nc4ccc(C)c(C)c4)c3C)n2)cc1. The van der Waals surface area contributed by atoms with Crippen LogP contribution in [-0.4, -0.2) is 20.7 Å². The van der Waals surface area contributed by atoms with Gasteiger partial charge in [-0.25, -0.2) is 9.67 Å². The molecule has 0 aliphatic carbocycles. The predicted molar refractivity (Wildman–Crippen MR) is 127 cm³/mol. The first-order chi connectivity index (χ1) is 14.8. The molecule has 158 valence electrons. The first-order valence-corrected chi connectivity index (χ1v) is 11.1. The minimum Gasteiger partial charge on any atom is -0.326 e. The van der Waals surface area contributed by atoms with Crippen LogP contribution in [0.25, 0.3) is 16.4 Å². The molecule has 0 saturated heterocycles. The summed E-state index contributed by atoms with van der Waals surface area (Å²) in [6.45, 7) is 10.1. The first-order valence-electron chi connectivity index (χ1n) is 10.3. The summed E-state index contributed by atoms with van der Waals surface area (Å²) >= 11 is 1.55. The number of amides is 1. The van der Waals surface area contributed by atoms with Crippen LogP contribution in [0.5, 0.6) is 0 Å². The minimum atomic E-state index is -0.0477. The van der Waals surface area contributed by atoms with Gasteiger partial charge in [-0.1, -0.05) is 35.9 Å². The van der Waals surface area contributed by atoms with Crippen molar-refractivity contribution >= 4 is 22.9 Å². The zero-order chi connectivity index (χ0) is 22.1. The third kappa shape index (κ3) is 4.44. The Morgan fingerprint density at radius 2 is 1.74 bits per heavy atom. The molecule has 0 atom stereocenters. The molecule has 2 aromatic carbocycles. The lowest BCUT2D eigenvalue weighted by Crippen LogP contribution is -2.15. The monoisotopic (exact) mass is 430 g/mol. The normalized spacial score (nSPS) is 11.0. The van der Waals surface area contributed by atoms with Gasteiger partial charge < -0.3 is 5.32 Å². The maximum atomic E-state index is 12.7. The summed E-state index contributed by atoms with van der Waals surface area (Å²) in [5.41, 5.74) is 9.15. The van der Waals surface area contributed by atoms with E-state index in [2.05, 4.69) is 48.5 Å². The molecule has 0 fully saturated rings. The van der Waals surface area contributed by atoms with Gasteiger partial charge in [-0.2, -0.15) is 5.10 Å². The van der Waals surface area contributed by atoms with Crippen LogP contribution in [-0.2, 0) is 11.2 Å². The van der Waals surface area contributed by atoms with Crippen LogP contribution in [0.2, 0.25) is 0 Å². The molecule has 0 unspecified atom stereocenters. The van der Waals surface area contributed by atoms with Crippen LogP contribution in [0.4, 0.5) is 5.69 Å². The summed E-state index contributed by atoms with van der Waals surface area (Å²) in [5, 5.41) is 10.5. The number of aryl methyl sites for hydroxylation is 4. The molecule has 2 aromatic heterocycles. The van der Waals surface area contributed by atoms with Crippen molar-refractivity contribution in [2.24, 2.45) is 0 Å². The van der Waals surface area contributed by atoms with Gasteiger partial charge in [0, 0.05) is 27.9 Å². The van der Waals surface area contributed by atoms with Crippen LogP contribution in [0, 0.1) is 34.6 Å². The Balaban J connectivity index is 1.54. The van der Waals surface area contributed by atoms with E-state index in [-0.39, 0.29) is 12.3 Å². The topological polar surface area (TPSA) is 59.8 Å². The second-order valence-corrected chi connectivity index (χ2v) is 8.80. The molecule has 1 N–H and O–H groups in total. The second kappa shape index (κ2) is 8.47. The molecule has 0 saturated carbocycles. The van der Waals surface area contributed by atoms with Crippen molar-refractivity contribution in [3.05, 3.63) is 81.5 Å². The highest BCUT2D eigenvalue weighted by Crippen LogP contribution is 2.27. The van der Waals surface area contributed by atoms with Gasteiger partial charge in [-0.05, 0) is 57.9 Å². The predicted octanol–water partition coefficient (Wildman–Crippen LogP) is 5.72. The molecule has 1 amide bonds. The van der Waals surface area contributed by atoms with Crippen LogP contribution in [0.1, 0.15) is 33.6 Å². The number of hydrogen-bond donors (Lipinski definition) is 1. The van der Waals surface area contributed by atoms with Crippen LogP contribution < -0.4 is 5.32 Å². The Bertz CT molecular complexity index is 1250. The van der Waals surface area contributed by atoms with Gasteiger partial charge in [0.2, 0.25) is 11.0 Å². The molecule has 4 aromatic rings. The van der Waals surface area contributed by atoms with E-state index in [1.54, 1.807) is 11.3 Å². The molecule has 0 aliphatic heterocycles. The average molecular weight is 431 g/mol. The van der Waals surface area contributed by atoms with Crippen molar-refractivity contribution < 1.29 is 4.79 Å². The molecule has 0 bridgehead atoms. The number of anilines is 1. The van der Waals surface area contributed by atoms with E-state index in [0.717, 1.165) is 44.6 Å². The van der Waals surface area contributed by atoms with E-state index in [4.69, 9.17) is 4.98 Å². The summed E-state index contributed by atoms with van der Waals surface area (Å²) in [4.78, 5) is 17.5. The highest BCUT2D eigenvalue weighted by atomic mass is 32.1. The van der Waals surface area contributed by atoms with E-state index in [1.807, 2.05) is 49.0 Å². The van der Waals surface area contributed by atoms with E-state index in [1.165, 1.54) is 11.1 Å². The summed E-state index contributed by atoms with van der Waals surface area (Å²) in [6.07, 6.45) is 0.279. The fraction of sp³-hybridized carbons (Fsp3) is 0.240. The van der Waals surface area contributed by atoms with E-state index in [0.29, 0.717) is 0 Å². The fourth-order valence-electron chi connectivity index (χ4n) is 3.52. The minimum absolute atomic E-state index is 0.0477. The molecular formula is C25H26N4OS. The molecule has 2 heterocycles. The number of carbonyl (C=O) groups is 1. The molecule has 0 aliphatic rings. The summed E-state index contributed by atoms with van der Waals surface area (Å²) in [7, 11) is 0. The lowest BCUT2D eigenvalue weighted by atomic mass is 10.1. The number of aromatic nitrogens is 3. The number of benzene rings is 2. The van der Waals surface area contributed by atoms with Crippen molar-refractivity contribution in [1.29, 1.82) is 0 Å². The second-order valence-electron chi connectivity index (χ2n) is 7.97. The Morgan fingerprint density at radius 1 is 1.00 bits per heavy atom. The van der Waals surface area contributed by atoms with Crippen LogP contribution >= 0.6 is 11.3 Å². The summed E-state index contributed by atoms with van der Waals surface area (Å²) in [6, 6.07) is 14.3. The van der Waals surface area contributed by atoms with Gasteiger partial charge in [-0.15, -0.1) is 11.3 Å². The Kier molecular flexibility index (Phi) is 5.74. The number of hydrogen-bond acceptors (Lipinski definition) is 4. The van der Waals surface area contributed by atoms with Crippen LogP contribution in [0.3, 0.4) is 0 Å². The molecule has 0 spiro atoms. The molecular weight excluding hydrogens is 404 g/mol. The maximum absolute atomic E-state index is 12.7. The third-order valence-electron chi connectivity index (χ3n) is 5.59. The van der Waals surface area contributed by atoms with Gasteiger partial charge in [-0.3, -0.25) is 4.79 Å². The fourth-order valence-corrected chi connectivity index (χ4v) is 4.35. The van der Waals surface area contributed by atoms with Crippen molar-refractivity contribution in [3.8, 4) is 16.4 Å². The zero-order valence-corrected chi connectivity index (χ0v) is 19.3. The maximum Gasteiger partial charge on any atom is 0.228 e. The number of thiazole rings is 1. The largest absolute Gasteiger partial charge is 0.326 e. The standard InChI is InChI=1S/C25H26N4OS/c1-15-6-9-20(10-7-15)23-14-31-25(27-23)29-19(5)22(18(4)28-29)13-24(30)26-21-11-8-16(2)17(3)12-21/h6-12,14H,13H2,1-5H3,(H,26,30). The summed E-state index contributed by atoms with van der Waals surface area (Å²) < 4.78 is 1.84. The average Bonchev–Trinajstić information content (AvgIpc) is 3.32. The third-order valence-corrected chi connectivity index (χ3v) is 6.41. The van der Waals surface area contributed by atoms with Gasteiger partial charge in [0.05, 0.1) is 17.8 Å². The highest BCUT2D eigenvalue weighted by molar-refractivity contribution is 7.12. The number of carbonyl (C=O) groups excluding carboxylic acids is 1. The molecule has 0 radical (unpaired) electrons. The quantitative estimate of drug-likeness (QED) is 0.440. The Hall–Kier alpha value is -3.25. The number of nitrogens with zero attached hydrogens (tertiary/aromatic N) is 3.